The molecule has 3 saturated heterocycles. The lowest BCUT2D eigenvalue weighted by Gasteiger charge is -2.51. The molecule has 0 N–H and O–H groups in total. The van der Waals surface area contributed by atoms with Crippen LogP contribution < -0.4 is 0 Å². The van der Waals surface area contributed by atoms with Gasteiger partial charge in [-0.2, -0.15) is 0 Å². The molecule has 13 nitrogen and oxygen atoms in total. The SMILES string of the molecule is CO[C@@H]1O[C@H](C)[C@H](OCc2ccccc2)[C@H](O[C@H]2O[C@@H](C)[C@@H](OCc3ccccc3)[C@@H](O[C@H]3O[C@@H](C)[C@H](OC)[C@@H](OC)[C@H]3OC)[C@@H]2OCc2ccccc2)[C@@H]1OC. The summed E-state index contributed by atoms with van der Waals surface area (Å²) in [5.74, 6) is 0. The van der Waals surface area contributed by atoms with Crippen LogP contribution in [0.1, 0.15) is 37.5 Å². The summed E-state index contributed by atoms with van der Waals surface area (Å²) in [4.78, 5) is 0. The van der Waals surface area contributed by atoms with Crippen molar-refractivity contribution in [1.29, 1.82) is 0 Å². The summed E-state index contributed by atoms with van der Waals surface area (Å²) >= 11 is 0. The molecular formula is C44H60O13. The average molecular weight is 797 g/mol. The number of rotatable bonds is 18. The molecular weight excluding hydrogens is 736 g/mol. The molecule has 0 unspecified atom stereocenters. The molecule has 57 heavy (non-hydrogen) atoms. The predicted octanol–water partition coefficient (Wildman–Crippen LogP) is 5.45. The molecule has 3 aliphatic rings. The van der Waals surface area contributed by atoms with Crippen LogP contribution in [0.3, 0.4) is 0 Å². The molecule has 0 amide bonds. The van der Waals surface area contributed by atoms with E-state index in [0.717, 1.165) is 16.7 Å². The van der Waals surface area contributed by atoms with Gasteiger partial charge in [-0.25, -0.2) is 0 Å². The minimum Gasteiger partial charge on any atom is -0.376 e. The summed E-state index contributed by atoms with van der Waals surface area (Å²) in [5.41, 5.74) is 2.95. The molecule has 0 aromatic heterocycles. The number of hydrogen-bond donors (Lipinski definition) is 0. The van der Waals surface area contributed by atoms with Crippen molar-refractivity contribution in [2.24, 2.45) is 0 Å². The first-order valence-corrected chi connectivity index (χ1v) is 19.7. The smallest absolute Gasteiger partial charge is 0.187 e. The Hall–Kier alpha value is -2.86. The minimum atomic E-state index is -1.01. The molecule has 0 spiro atoms. The topological polar surface area (TPSA) is 120 Å². The zero-order chi connectivity index (χ0) is 40.3. The fraction of sp³-hybridized carbons (Fsp3) is 0.591. The van der Waals surface area contributed by atoms with Crippen molar-refractivity contribution in [3.8, 4) is 0 Å². The van der Waals surface area contributed by atoms with Gasteiger partial charge in [0, 0.05) is 35.5 Å². The van der Waals surface area contributed by atoms with E-state index in [0.29, 0.717) is 13.2 Å². The van der Waals surface area contributed by atoms with E-state index >= 15 is 0 Å². The summed E-state index contributed by atoms with van der Waals surface area (Å²) in [5, 5.41) is 0. The Bertz CT molecular complexity index is 1570. The molecule has 15 atom stereocenters. The van der Waals surface area contributed by atoms with Gasteiger partial charge in [-0.3, -0.25) is 0 Å². The number of hydrogen-bond acceptors (Lipinski definition) is 13. The summed E-state index contributed by atoms with van der Waals surface area (Å²) in [6.45, 7) is 6.64. The first-order chi connectivity index (χ1) is 27.8. The highest BCUT2D eigenvalue weighted by Crippen LogP contribution is 2.38. The van der Waals surface area contributed by atoms with Crippen molar-refractivity contribution >= 4 is 0 Å². The van der Waals surface area contributed by atoms with Crippen LogP contribution in [0.25, 0.3) is 0 Å². The lowest BCUT2D eigenvalue weighted by molar-refractivity contribution is -0.387. The van der Waals surface area contributed by atoms with Crippen LogP contribution in [0.15, 0.2) is 91.0 Å². The molecule has 0 bridgehead atoms. The van der Waals surface area contributed by atoms with E-state index in [9.17, 15) is 0 Å². The van der Waals surface area contributed by atoms with Crippen LogP contribution in [0.5, 0.6) is 0 Å². The van der Waals surface area contributed by atoms with Crippen molar-refractivity contribution in [2.75, 3.05) is 35.5 Å². The van der Waals surface area contributed by atoms with E-state index in [1.807, 2.05) is 112 Å². The van der Waals surface area contributed by atoms with Gasteiger partial charge in [0.1, 0.15) is 54.9 Å². The third-order valence-electron chi connectivity index (χ3n) is 10.9. The van der Waals surface area contributed by atoms with Gasteiger partial charge in [-0.1, -0.05) is 91.0 Å². The van der Waals surface area contributed by atoms with Crippen molar-refractivity contribution in [1.82, 2.24) is 0 Å². The van der Waals surface area contributed by atoms with Crippen LogP contribution in [0.2, 0.25) is 0 Å². The lowest BCUT2D eigenvalue weighted by atomic mass is 9.95. The molecule has 0 aliphatic carbocycles. The number of benzene rings is 3. The van der Waals surface area contributed by atoms with Gasteiger partial charge < -0.3 is 61.6 Å². The Kier molecular flexibility index (Phi) is 16.4. The first-order valence-electron chi connectivity index (χ1n) is 19.7. The van der Waals surface area contributed by atoms with Gasteiger partial charge >= 0.3 is 0 Å². The molecule has 13 heteroatoms. The van der Waals surface area contributed by atoms with Gasteiger partial charge in [0.25, 0.3) is 0 Å². The quantitative estimate of drug-likeness (QED) is 0.162. The van der Waals surface area contributed by atoms with Crippen LogP contribution in [-0.4, -0.2) is 128 Å². The third kappa shape index (κ3) is 10.7. The molecule has 3 aliphatic heterocycles. The van der Waals surface area contributed by atoms with Crippen molar-refractivity contribution in [2.45, 2.75) is 133 Å². The second-order valence-electron chi connectivity index (χ2n) is 14.7. The van der Waals surface area contributed by atoms with Gasteiger partial charge in [0.05, 0.1) is 38.1 Å². The maximum Gasteiger partial charge on any atom is 0.187 e. The lowest BCUT2D eigenvalue weighted by Crippen LogP contribution is -2.67. The Morgan fingerprint density at radius 1 is 0.351 bits per heavy atom. The van der Waals surface area contributed by atoms with Gasteiger partial charge in [-0.05, 0) is 37.5 Å². The summed E-state index contributed by atoms with van der Waals surface area (Å²) < 4.78 is 83.5. The van der Waals surface area contributed by atoms with Gasteiger partial charge in [-0.15, -0.1) is 0 Å². The third-order valence-corrected chi connectivity index (χ3v) is 10.9. The number of methoxy groups -OCH3 is 5. The highest BCUT2D eigenvalue weighted by atomic mass is 16.8. The minimum absolute atomic E-state index is 0.225. The molecule has 6 rings (SSSR count). The second-order valence-corrected chi connectivity index (χ2v) is 14.7. The molecule has 3 heterocycles. The molecule has 3 fully saturated rings. The van der Waals surface area contributed by atoms with Crippen LogP contribution in [0, 0.1) is 0 Å². The summed E-state index contributed by atoms with van der Waals surface area (Å²) in [7, 11) is 8.03. The largest absolute Gasteiger partial charge is 0.376 e. The first kappa shape index (κ1) is 43.7. The fourth-order valence-electron chi connectivity index (χ4n) is 7.97. The van der Waals surface area contributed by atoms with Gasteiger partial charge in [0.2, 0.25) is 0 Å². The molecule has 314 valence electrons. The van der Waals surface area contributed by atoms with E-state index in [1.165, 1.54) is 0 Å². The Morgan fingerprint density at radius 2 is 0.684 bits per heavy atom. The van der Waals surface area contributed by atoms with E-state index in [-0.39, 0.29) is 6.61 Å². The van der Waals surface area contributed by atoms with E-state index < -0.39 is 92.1 Å². The standard InChI is InChI=1S/C44H60O13/c1-27-33(45-4)36(46-5)39(47-6)43(54-27)57-38-35(51-25-31-20-14-10-15-21-31)29(3)55-44(41(38)52-26-32-22-16-11-17-23-32)56-37-34(50-24-30-18-12-9-13-19-30)28(2)53-42(49-8)40(37)48-7/h9-23,27-29,33-44H,24-26H2,1-8H3/t27-,28+,29-,33-,34-,35+,36+,37-,38+,39+,40-,41-,42+,43+,44+/m0/s1. The summed E-state index contributed by atoms with van der Waals surface area (Å²) in [6, 6.07) is 29.8. The van der Waals surface area contributed by atoms with Crippen molar-refractivity contribution in [3.63, 3.8) is 0 Å². The Morgan fingerprint density at radius 3 is 1.09 bits per heavy atom. The maximum absolute atomic E-state index is 7.08. The van der Waals surface area contributed by atoms with Crippen molar-refractivity contribution < 1.29 is 61.6 Å². The molecule has 3 aromatic carbocycles. The zero-order valence-corrected chi connectivity index (χ0v) is 34.2. The fourth-order valence-corrected chi connectivity index (χ4v) is 7.97. The van der Waals surface area contributed by atoms with E-state index in [1.54, 1.807) is 35.5 Å². The number of ether oxygens (including phenoxy) is 13. The maximum atomic E-state index is 7.08. The Labute approximate surface area is 336 Å². The Balaban J connectivity index is 1.37. The molecule has 0 saturated carbocycles. The normalized spacial score (nSPS) is 35.9. The molecule has 3 aromatic rings. The van der Waals surface area contributed by atoms with E-state index in [4.69, 9.17) is 61.6 Å². The van der Waals surface area contributed by atoms with Crippen molar-refractivity contribution in [3.05, 3.63) is 108 Å². The monoisotopic (exact) mass is 796 g/mol. The summed E-state index contributed by atoms with van der Waals surface area (Å²) in [6.07, 6.45) is -9.93. The highest BCUT2D eigenvalue weighted by Gasteiger charge is 2.55. The van der Waals surface area contributed by atoms with Gasteiger partial charge in [0.15, 0.2) is 18.9 Å². The van der Waals surface area contributed by atoms with Crippen LogP contribution in [-0.2, 0) is 81.4 Å². The van der Waals surface area contributed by atoms with Crippen LogP contribution in [0.4, 0.5) is 0 Å². The second kappa shape index (κ2) is 21.4. The van der Waals surface area contributed by atoms with E-state index in [2.05, 4.69) is 0 Å². The molecule has 0 radical (unpaired) electrons. The average Bonchev–Trinajstić information content (AvgIpc) is 3.23. The predicted molar refractivity (Wildman–Crippen MR) is 208 cm³/mol. The highest BCUT2D eigenvalue weighted by molar-refractivity contribution is 5.15. The van der Waals surface area contributed by atoms with Crippen LogP contribution >= 0.6 is 0 Å². The zero-order valence-electron chi connectivity index (χ0n) is 34.2.